The largest absolute Gasteiger partial charge is 0.472 e. The molecule has 92 heavy (non-hydrogen) atoms. The van der Waals surface area contributed by atoms with Gasteiger partial charge in [0.25, 0.3) is 0 Å². The maximum absolute atomic E-state index is 13.0. The summed E-state index contributed by atoms with van der Waals surface area (Å²) in [6, 6.07) is 0. The monoisotopic (exact) mass is 1340 g/mol. The summed E-state index contributed by atoms with van der Waals surface area (Å²) in [7, 11) is -9.93. The molecule has 0 bridgehead atoms. The molecule has 0 heterocycles. The van der Waals surface area contributed by atoms with Gasteiger partial charge in [0, 0.05) is 25.7 Å². The number of aliphatic hydroxyl groups excluding tert-OH is 1. The summed E-state index contributed by atoms with van der Waals surface area (Å²) in [5.41, 5.74) is 0. The van der Waals surface area contributed by atoms with E-state index >= 15 is 0 Å². The number of ether oxygens (including phenoxy) is 4. The van der Waals surface area contributed by atoms with Gasteiger partial charge in [0.2, 0.25) is 0 Å². The highest BCUT2D eigenvalue weighted by atomic mass is 31.2. The number of carbonyl (C=O) groups excluding carboxylic acids is 4. The Morgan fingerprint density at radius 2 is 0.565 bits per heavy atom. The summed E-state index contributed by atoms with van der Waals surface area (Å²) in [5.74, 6) is -2.18. The van der Waals surface area contributed by atoms with Crippen molar-refractivity contribution in [1.29, 1.82) is 0 Å². The molecule has 19 heteroatoms. The van der Waals surface area contributed by atoms with Crippen LogP contribution in [0, 0.1) is 0 Å². The minimum atomic E-state index is -4.97. The minimum Gasteiger partial charge on any atom is -0.462 e. The summed E-state index contributed by atoms with van der Waals surface area (Å²) in [6.45, 7) is 4.72. The van der Waals surface area contributed by atoms with Gasteiger partial charge in [0.15, 0.2) is 12.2 Å². The molecule has 5 atom stereocenters. The van der Waals surface area contributed by atoms with Gasteiger partial charge >= 0.3 is 39.5 Å². The molecule has 0 aromatic rings. The zero-order valence-corrected chi connectivity index (χ0v) is 60.0. The second-order valence-corrected chi connectivity index (χ2v) is 27.4. The van der Waals surface area contributed by atoms with E-state index in [0.29, 0.717) is 25.7 Å². The van der Waals surface area contributed by atoms with Gasteiger partial charge in [-0.25, -0.2) is 9.13 Å². The normalized spacial score (nSPS) is 14.4. The molecule has 0 amide bonds. The van der Waals surface area contributed by atoms with Crippen LogP contribution in [0.25, 0.3) is 0 Å². The number of rotatable bonds is 69. The molecule has 0 aromatic heterocycles. The van der Waals surface area contributed by atoms with E-state index in [0.717, 1.165) is 141 Å². The van der Waals surface area contributed by atoms with Crippen LogP contribution in [-0.2, 0) is 65.4 Å². The van der Waals surface area contributed by atoms with Crippen LogP contribution in [0.4, 0.5) is 0 Å². The van der Waals surface area contributed by atoms with Gasteiger partial charge in [-0.3, -0.25) is 37.3 Å². The highest BCUT2D eigenvalue weighted by molar-refractivity contribution is 7.47. The van der Waals surface area contributed by atoms with Crippen LogP contribution in [0.15, 0.2) is 60.8 Å². The Kier molecular flexibility index (Phi) is 64.0. The summed E-state index contributed by atoms with van der Waals surface area (Å²) in [6.07, 6.45) is 62.2. The van der Waals surface area contributed by atoms with Crippen molar-refractivity contribution in [3.63, 3.8) is 0 Å². The molecule has 0 fully saturated rings. The van der Waals surface area contributed by atoms with Crippen molar-refractivity contribution in [1.82, 2.24) is 0 Å². The lowest BCUT2D eigenvalue weighted by molar-refractivity contribution is -0.161. The SMILES string of the molecule is CC/C=C\C/C=C\C/C=C\CCCCCCCC(=O)OCC(COP(=O)(O)OCC(O)COP(=O)(O)OCC(COC(=O)CCCCCCCCCCCCC)OC(=O)CCCCCCCCCCCCC)OC(=O)CCCCCCC/C=C\C/C=C\CCCCC. The number of allylic oxidation sites excluding steroid dienone is 10. The Labute approximate surface area is 559 Å². The Morgan fingerprint density at radius 1 is 0.315 bits per heavy atom. The molecule has 536 valence electrons. The molecule has 0 saturated carbocycles. The van der Waals surface area contributed by atoms with Crippen LogP contribution in [0.1, 0.15) is 323 Å². The van der Waals surface area contributed by atoms with Gasteiger partial charge in [-0.2, -0.15) is 0 Å². The van der Waals surface area contributed by atoms with E-state index in [-0.39, 0.29) is 25.7 Å². The second-order valence-electron chi connectivity index (χ2n) is 24.5. The number of phosphoric ester groups is 2. The Bertz CT molecular complexity index is 1990. The molecular weight excluding hydrogens is 1210 g/mol. The predicted octanol–water partition coefficient (Wildman–Crippen LogP) is 20.3. The number of esters is 4. The molecule has 5 unspecified atom stereocenters. The van der Waals surface area contributed by atoms with Gasteiger partial charge in [-0.05, 0) is 89.9 Å². The fraction of sp³-hybridized carbons (Fsp3) is 0.808. The third-order valence-corrected chi connectivity index (χ3v) is 17.4. The molecule has 0 rings (SSSR count). The molecule has 17 nitrogen and oxygen atoms in total. The number of unbranched alkanes of at least 4 members (excludes halogenated alkanes) is 33. The molecule has 0 aromatic carbocycles. The van der Waals surface area contributed by atoms with Crippen LogP contribution in [-0.4, -0.2) is 96.7 Å². The third-order valence-electron chi connectivity index (χ3n) is 15.5. The number of aliphatic hydroxyl groups is 1. The van der Waals surface area contributed by atoms with Crippen LogP contribution in [0.2, 0.25) is 0 Å². The maximum atomic E-state index is 13.0. The molecule has 0 saturated heterocycles. The molecule has 0 aliphatic heterocycles. The van der Waals surface area contributed by atoms with Crippen molar-refractivity contribution < 1.29 is 80.2 Å². The van der Waals surface area contributed by atoms with Crippen LogP contribution >= 0.6 is 15.6 Å². The topological polar surface area (TPSA) is 237 Å². The summed E-state index contributed by atoms with van der Waals surface area (Å²) >= 11 is 0. The van der Waals surface area contributed by atoms with E-state index < -0.39 is 97.5 Å². The average Bonchev–Trinajstić information content (AvgIpc) is 2.93. The molecule has 0 spiro atoms. The minimum absolute atomic E-state index is 0.0782. The molecule has 3 N–H and O–H groups in total. The maximum Gasteiger partial charge on any atom is 0.472 e. The van der Waals surface area contributed by atoms with Crippen molar-refractivity contribution in [3.8, 4) is 0 Å². The lowest BCUT2D eigenvalue weighted by atomic mass is 10.1. The highest BCUT2D eigenvalue weighted by Crippen LogP contribution is 2.45. The van der Waals surface area contributed by atoms with E-state index in [2.05, 4.69) is 88.5 Å². The summed E-state index contributed by atoms with van der Waals surface area (Å²) in [4.78, 5) is 72.6. The summed E-state index contributed by atoms with van der Waals surface area (Å²) in [5, 5.41) is 10.6. The zero-order chi connectivity index (χ0) is 67.5. The molecule has 0 aliphatic rings. The smallest absolute Gasteiger partial charge is 0.462 e. The first-order chi connectivity index (χ1) is 44.7. The molecular formula is C73H132O17P2. The van der Waals surface area contributed by atoms with E-state index in [1.165, 1.54) is 103 Å². The predicted molar refractivity (Wildman–Crippen MR) is 372 cm³/mol. The van der Waals surface area contributed by atoms with Gasteiger partial charge in [-0.15, -0.1) is 0 Å². The first kappa shape index (κ1) is 88.8. The van der Waals surface area contributed by atoms with E-state index in [1.54, 1.807) is 0 Å². The number of phosphoric acid groups is 2. The quantitative estimate of drug-likeness (QED) is 0.0169. The van der Waals surface area contributed by atoms with Crippen molar-refractivity contribution in [2.24, 2.45) is 0 Å². The molecule has 0 radical (unpaired) electrons. The van der Waals surface area contributed by atoms with Crippen molar-refractivity contribution in [2.45, 2.75) is 341 Å². The Hall–Kier alpha value is -3.24. The highest BCUT2D eigenvalue weighted by Gasteiger charge is 2.30. The van der Waals surface area contributed by atoms with E-state index in [4.69, 9.17) is 37.0 Å². The zero-order valence-electron chi connectivity index (χ0n) is 58.2. The lowest BCUT2D eigenvalue weighted by Crippen LogP contribution is -2.30. The standard InChI is InChI=1S/C73H132O17P2/c1-5-9-13-17-21-25-29-31-33-35-39-42-46-50-54-58-71(76)84-64-69(90-73(78)60-56-52-48-44-40-36-34-32-30-26-22-18-14-10-6-2)66-88-92(81,82)86-62-67(74)61-85-91(79,80)87-65-68(89-72(77)59-55-51-47-43-38-28-24-20-16-12-8-4)63-83-70(75)57-53-49-45-41-37-27-23-19-15-11-7-3/h9,13,21-22,25-26,31-34,67-69,74H,5-8,10-12,14-20,23-24,27-30,35-66H2,1-4H3,(H,79,80)(H,81,82)/b13-9-,25-21-,26-22-,33-31-,34-32-. The Balaban J connectivity index is 5.32. The fourth-order valence-corrected chi connectivity index (χ4v) is 11.5. The van der Waals surface area contributed by atoms with Crippen LogP contribution < -0.4 is 0 Å². The van der Waals surface area contributed by atoms with Crippen LogP contribution in [0.5, 0.6) is 0 Å². The molecule has 0 aliphatic carbocycles. The van der Waals surface area contributed by atoms with E-state index in [1.807, 2.05) is 0 Å². The number of carbonyl (C=O) groups is 4. The third kappa shape index (κ3) is 65.4. The summed E-state index contributed by atoms with van der Waals surface area (Å²) < 4.78 is 68.3. The number of hydrogen-bond acceptors (Lipinski definition) is 15. The first-order valence-corrected chi connectivity index (χ1v) is 39.5. The van der Waals surface area contributed by atoms with Crippen molar-refractivity contribution in [2.75, 3.05) is 39.6 Å². The van der Waals surface area contributed by atoms with E-state index in [9.17, 15) is 43.2 Å². The van der Waals surface area contributed by atoms with Gasteiger partial charge in [-0.1, -0.05) is 268 Å². The number of hydrogen-bond donors (Lipinski definition) is 3. The van der Waals surface area contributed by atoms with Gasteiger partial charge < -0.3 is 33.8 Å². The lowest BCUT2D eigenvalue weighted by Gasteiger charge is -2.21. The van der Waals surface area contributed by atoms with Gasteiger partial charge in [0.05, 0.1) is 26.4 Å². The first-order valence-electron chi connectivity index (χ1n) is 36.5. The average molecular weight is 1340 g/mol. The Morgan fingerprint density at radius 3 is 0.891 bits per heavy atom. The fourth-order valence-electron chi connectivity index (χ4n) is 9.91. The van der Waals surface area contributed by atoms with Crippen molar-refractivity contribution in [3.05, 3.63) is 60.8 Å². The van der Waals surface area contributed by atoms with Gasteiger partial charge in [0.1, 0.15) is 19.3 Å². The van der Waals surface area contributed by atoms with Crippen LogP contribution in [0.3, 0.4) is 0 Å². The van der Waals surface area contributed by atoms with Crippen molar-refractivity contribution >= 4 is 39.5 Å². The second kappa shape index (κ2) is 66.4.